The van der Waals surface area contributed by atoms with E-state index in [2.05, 4.69) is 21.2 Å². The maximum atomic E-state index is 11.9. The van der Waals surface area contributed by atoms with Gasteiger partial charge in [-0.25, -0.2) is 0 Å². The summed E-state index contributed by atoms with van der Waals surface area (Å²) in [6.07, 6.45) is 0. The minimum atomic E-state index is -0.0425. The fourth-order valence-electron chi connectivity index (χ4n) is 1.30. The Labute approximate surface area is 117 Å². The number of nitrogens with two attached hydrogens (primary N) is 1. The molecule has 0 aliphatic heterocycles. The summed E-state index contributed by atoms with van der Waals surface area (Å²) < 4.78 is 0.951. The highest BCUT2D eigenvalue weighted by atomic mass is 79.9. The van der Waals surface area contributed by atoms with Crippen LogP contribution in [0.25, 0.3) is 0 Å². The van der Waals surface area contributed by atoms with E-state index in [9.17, 15) is 4.79 Å². The van der Waals surface area contributed by atoms with E-state index in [-0.39, 0.29) is 18.3 Å². The minimum Gasteiger partial charge on any atom is -0.352 e. The molecule has 1 aromatic rings. The number of amides is 1. The van der Waals surface area contributed by atoms with Crippen LogP contribution in [0, 0.1) is 12.8 Å². The van der Waals surface area contributed by atoms with Crippen molar-refractivity contribution in [2.75, 3.05) is 13.1 Å². The summed E-state index contributed by atoms with van der Waals surface area (Å²) in [5.74, 6) is 0.260. The van der Waals surface area contributed by atoms with Crippen LogP contribution in [0.5, 0.6) is 0 Å². The third-order valence-corrected chi connectivity index (χ3v) is 3.38. The molecule has 0 fully saturated rings. The maximum absolute atomic E-state index is 11.9. The molecule has 0 aromatic heterocycles. The highest BCUT2D eigenvalue weighted by Crippen LogP contribution is 2.19. The standard InChI is InChI=1S/C12H17BrN2O.ClH/c1-8(6-14)7-15-12(16)10-4-3-5-11(13)9(10)2;/h3-5,8H,6-7,14H2,1-2H3,(H,15,16);1H. The molecule has 1 rings (SSSR count). The van der Waals surface area contributed by atoms with Gasteiger partial charge in [-0.05, 0) is 37.1 Å². The van der Waals surface area contributed by atoms with E-state index in [1.54, 1.807) is 0 Å². The maximum Gasteiger partial charge on any atom is 0.251 e. The molecule has 0 radical (unpaired) electrons. The van der Waals surface area contributed by atoms with E-state index in [1.807, 2.05) is 32.0 Å². The first-order valence-corrected chi connectivity index (χ1v) is 6.09. The smallest absolute Gasteiger partial charge is 0.251 e. The molecule has 96 valence electrons. The SMILES string of the molecule is Cc1c(Br)cccc1C(=O)NCC(C)CN.Cl. The molecule has 3 N–H and O–H groups in total. The minimum absolute atomic E-state index is 0. The lowest BCUT2D eigenvalue weighted by atomic mass is 10.1. The van der Waals surface area contributed by atoms with Gasteiger partial charge in [0.1, 0.15) is 0 Å². The summed E-state index contributed by atoms with van der Waals surface area (Å²) in [6.45, 7) is 5.12. The molecule has 3 nitrogen and oxygen atoms in total. The van der Waals surface area contributed by atoms with Gasteiger partial charge in [-0.15, -0.1) is 12.4 Å². The Balaban J connectivity index is 0.00000256. The van der Waals surface area contributed by atoms with Crippen LogP contribution in [0.1, 0.15) is 22.8 Å². The Hall–Kier alpha value is -0.580. The van der Waals surface area contributed by atoms with Crippen LogP contribution in [0.3, 0.4) is 0 Å². The first-order valence-electron chi connectivity index (χ1n) is 5.29. The van der Waals surface area contributed by atoms with E-state index < -0.39 is 0 Å². The predicted octanol–water partition coefficient (Wildman–Crippen LogP) is 2.50. The second kappa shape index (κ2) is 7.69. The topological polar surface area (TPSA) is 55.1 Å². The molecule has 0 saturated carbocycles. The van der Waals surface area contributed by atoms with Gasteiger partial charge in [0.25, 0.3) is 5.91 Å². The molecule has 0 saturated heterocycles. The quantitative estimate of drug-likeness (QED) is 0.895. The van der Waals surface area contributed by atoms with Crippen molar-refractivity contribution in [1.82, 2.24) is 5.32 Å². The van der Waals surface area contributed by atoms with E-state index in [0.29, 0.717) is 24.6 Å². The molecule has 0 aliphatic carbocycles. The Morgan fingerprint density at radius 2 is 2.18 bits per heavy atom. The molecule has 0 spiro atoms. The van der Waals surface area contributed by atoms with Crippen LogP contribution in [0.15, 0.2) is 22.7 Å². The van der Waals surface area contributed by atoms with Crippen LogP contribution < -0.4 is 11.1 Å². The number of rotatable bonds is 4. The second-order valence-electron chi connectivity index (χ2n) is 3.96. The molecule has 1 atom stereocenters. The van der Waals surface area contributed by atoms with Gasteiger partial charge in [-0.3, -0.25) is 4.79 Å². The summed E-state index contributed by atoms with van der Waals surface area (Å²) in [7, 11) is 0. The van der Waals surface area contributed by atoms with Crippen molar-refractivity contribution in [3.8, 4) is 0 Å². The van der Waals surface area contributed by atoms with Crippen LogP contribution in [0.4, 0.5) is 0 Å². The number of hydrogen-bond acceptors (Lipinski definition) is 2. The molecule has 1 unspecified atom stereocenters. The lowest BCUT2D eigenvalue weighted by Crippen LogP contribution is -2.31. The van der Waals surface area contributed by atoms with Gasteiger partial charge in [-0.1, -0.05) is 28.9 Å². The summed E-state index contributed by atoms with van der Waals surface area (Å²) in [5, 5.41) is 2.88. The third-order valence-electron chi connectivity index (χ3n) is 2.53. The zero-order valence-corrected chi connectivity index (χ0v) is 12.4. The van der Waals surface area contributed by atoms with Gasteiger partial charge < -0.3 is 11.1 Å². The van der Waals surface area contributed by atoms with Crippen LogP contribution in [-0.2, 0) is 0 Å². The van der Waals surface area contributed by atoms with Crippen molar-refractivity contribution < 1.29 is 4.79 Å². The highest BCUT2D eigenvalue weighted by Gasteiger charge is 2.10. The zero-order valence-electron chi connectivity index (χ0n) is 10.00. The second-order valence-corrected chi connectivity index (χ2v) is 4.82. The Bertz CT molecular complexity index is 385. The van der Waals surface area contributed by atoms with E-state index >= 15 is 0 Å². The number of nitrogens with one attached hydrogen (secondary N) is 1. The molecular weight excluding hydrogens is 304 g/mol. The third kappa shape index (κ3) is 4.66. The van der Waals surface area contributed by atoms with Crippen molar-refractivity contribution in [2.24, 2.45) is 11.7 Å². The normalized spacial score (nSPS) is 11.5. The zero-order chi connectivity index (χ0) is 12.1. The van der Waals surface area contributed by atoms with Crippen LogP contribution in [0.2, 0.25) is 0 Å². The summed E-state index contributed by atoms with van der Waals surface area (Å²) >= 11 is 3.41. The van der Waals surface area contributed by atoms with Gasteiger partial charge in [0.05, 0.1) is 0 Å². The lowest BCUT2D eigenvalue weighted by molar-refractivity contribution is 0.0948. The highest BCUT2D eigenvalue weighted by molar-refractivity contribution is 9.10. The van der Waals surface area contributed by atoms with Gasteiger partial charge in [0, 0.05) is 16.6 Å². The molecular formula is C12H18BrClN2O. The Kier molecular flexibility index (Phi) is 7.43. The predicted molar refractivity (Wildman–Crippen MR) is 76.7 cm³/mol. The van der Waals surface area contributed by atoms with Gasteiger partial charge in [-0.2, -0.15) is 0 Å². The van der Waals surface area contributed by atoms with Crippen molar-refractivity contribution in [3.05, 3.63) is 33.8 Å². The molecule has 1 amide bonds. The summed E-state index contributed by atoms with van der Waals surface area (Å²) in [5.41, 5.74) is 7.16. The largest absolute Gasteiger partial charge is 0.352 e. The average Bonchev–Trinajstić information content (AvgIpc) is 2.29. The molecule has 1 aromatic carbocycles. The fraction of sp³-hybridized carbons (Fsp3) is 0.417. The molecule has 0 aliphatic rings. The molecule has 0 bridgehead atoms. The average molecular weight is 322 g/mol. The number of benzene rings is 1. The van der Waals surface area contributed by atoms with Gasteiger partial charge >= 0.3 is 0 Å². The summed E-state index contributed by atoms with van der Waals surface area (Å²) in [4.78, 5) is 11.9. The van der Waals surface area contributed by atoms with E-state index in [4.69, 9.17) is 5.73 Å². The number of carbonyl (C=O) groups is 1. The molecule has 5 heteroatoms. The molecule has 0 heterocycles. The first-order chi connectivity index (χ1) is 7.56. The first kappa shape index (κ1) is 16.4. The number of hydrogen-bond donors (Lipinski definition) is 2. The Morgan fingerprint density at radius 1 is 1.53 bits per heavy atom. The van der Waals surface area contributed by atoms with Crippen LogP contribution in [-0.4, -0.2) is 19.0 Å². The molecule has 17 heavy (non-hydrogen) atoms. The van der Waals surface area contributed by atoms with Gasteiger partial charge in [0.15, 0.2) is 0 Å². The van der Waals surface area contributed by atoms with E-state index in [0.717, 1.165) is 10.0 Å². The number of halogens is 2. The van der Waals surface area contributed by atoms with Crippen molar-refractivity contribution in [1.29, 1.82) is 0 Å². The van der Waals surface area contributed by atoms with Crippen LogP contribution >= 0.6 is 28.3 Å². The van der Waals surface area contributed by atoms with Crippen molar-refractivity contribution in [3.63, 3.8) is 0 Å². The monoisotopic (exact) mass is 320 g/mol. The van der Waals surface area contributed by atoms with Gasteiger partial charge in [0.2, 0.25) is 0 Å². The van der Waals surface area contributed by atoms with Crippen molar-refractivity contribution in [2.45, 2.75) is 13.8 Å². The lowest BCUT2D eigenvalue weighted by Gasteiger charge is -2.11. The number of carbonyl (C=O) groups excluding carboxylic acids is 1. The summed E-state index contributed by atoms with van der Waals surface area (Å²) in [6, 6.07) is 5.61. The fourth-order valence-corrected chi connectivity index (χ4v) is 1.67. The van der Waals surface area contributed by atoms with Crippen molar-refractivity contribution >= 4 is 34.2 Å². The van der Waals surface area contributed by atoms with E-state index in [1.165, 1.54) is 0 Å². The Morgan fingerprint density at radius 3 is 2.76 bits per heavy atom.